The van der Waals surface area contributed by atoms with E-state index < -0.39 is 5.69 Å². The molecule has 0 aromatic carbocycles. The molecule has 1 N–H and O–H groups in total. The summed E-state index contributed by atoms with van der Waals surface area (Å²) in [7, 11) is 0. The van der Waals surface area contributed by atoms with Crippen molar-refractivity contribution in [3.63, 3.8) is 0 Å². The normalized spacial score (nSPS) is 16.7. The molecule has 0 radical (unpaired) electrons. The first-order valence-electron chi connectivity index (χ1n) is 2.84. The molecule has 1 atom stereocenters. The fourth-order valence-electron chi connectivity index (χ4n) is 0.359. The molecule has 0 heterocycles. The Hall–Kier alpha value is 1.27. The van der Waals surface area contributed by atoms with Gasteiger partial charge in [-0.25, -0.2) is 0 Å². The largest absolute Gasteiger partial charge is 0.338 e. The predicted molar refractivity (Wildman–Crippen MR) is 54.4 cm³/mol. The molecule has 1 unspecified atom stereocenters. The molecular weight excluding hydrogens is 207 g/mol. The van der Waals surface area contributed by atoms with Gasteiger partial charge in [0.15, 0.2) is 0 Å². The second-order valence-electron chi connectivity index (χ2n) is 1.52. The molecule has 0 aliphatic rings. The van der Waals surface area contributed by atoms with Crippen molar-refractivity contribution >= 4 is 41.5 Å². The molecule has 0 aromatic rings. The van der Waals surface area contributed by atoms with Crippen molar-refractivity contribution in [1.29, 1.82) is 0 Å². The van der Waals surface area contributed by atoms with Crippen LogP contribution in [0.15, 0.2) is 0 Å². The summed E-state index contributed by atoms with van der Waals surface area (Å²) in [5, 5.41) is 0. The Morgan fingerprint density at radius 1 is 1.80 bits per heavy atom. The highest BCUT2D eigenvalue weighted by Gasteiger charge is 2.03. The van der Waals surface area contributed by atoms with E-state index in [9.17, 15) is 0 Å². The summed E-state index contributed by atoms with van der Waals surface area (Å²) in [6.45, 7) is 2.57. The van der Waals surface area contributed by atoms with Crippen molar-refractivity contribution in [3.8, 4) is 0 Å². The van der Waals surface area contributed by atoms with Crippen LogP contribution in [0.3, 0.4) is 0 Å². The van der Waals surface area contributed by atoms with E-state index in [1.165, 1.54) is 0 Å². The molecule has 0 saturated carbocycles. The summed E-state index contributed by atoms with van der Waals surface area (Å²) in [4.78, 5) is 8.88. The van der Waals surface area contributed by atoms with Crippen molar-refractivity contribution in [2.45, 2.75) is 6.92 Å². The molecular formula is C4H11O2PS3. The fourth-order valence-corrected chi connectivity index (χ4v) is 1.77. The molecule has 0 aromatic heterocycles. The molecule has 0 fully saturated rings. The van der Waals surface area contributed by atoms with Crippen LogP contribution in [0.2, 0.25) is 0 Å². The third kappa shape index (κ3) is 9.27. The molecule has 2 nitrogen and oxygen atoms in total. The van der Waals surface area contributed by atoms with Crippen LogP contribution in [-0.4, -0.2) is 23.0 Å². The third-order valence-corrected chi connectivity index (χ3v) is 2.74. The minimum Gasteiger partial charge on any atom is -0.338 e. The standard InChI is InChI=1S/C4H11O2PS3/c1-2-10-4-3-6-7(5,8)9/h2-4H2,1H3,(H2,5,8,9). The Morgan fingerprint density at radius 3 is 2.80 bits per heavy atom. The lowest BCUT2D eigenvalue weighted by Gasteiger charge is -2.07. The maximum atomic E-state index is 8.88. The molecule has 62 valence electrons. The van der Waals surface area contributed by atoms with Gasteiger partial charge in [-0.15, -0.1) is 0 Å². The molecule has 0 amide bonds. The zero-order chi connectivity index (χ0) is 8.04. The Morgan fingerprint density at radius 2 is 2.40 bits per heavy atom. The van der Waals surface area contributed by atoms with E-state index in [4.69, 9.17) is 9.42 Å². The summed E-state index contributed by atoms with van der Waals surface area (Å²) in [6, 6.07) is 0. The highest BCUT2D eigenvalue weighted by Crippen LogP contribution is 2.47. The van der Waals surface area contributed by atoms with E-state index in [0.29, 0.717) is 6.61 Å². The van der Waals surface area contributed by atoms with Gasteiger partial charge >= 0.3 is 0 Å². The van der Waals surface area contributed by atoms with Crippen LogP contribution in [0, 0.1) is 0 Å². The van der Waals surface area contributed by atoms with E-state index in [-0.39, 0.29) is 0 Å². The lowest BCUT2D eigenvalue weighted by molar-refractivity contribution is 0.344. The lowest BCUT2D eigenvalue weighted by Crippen LogP contribution is -1.92. The maximum Gasteiger partial charge on any atom is 0.241 e. The molecule has 0 aliphatic carbocycles. The van der Waals surface area contributed by atoms with Gasteiger partial charge in [-0.05, 0) is 17.6 Å². The molecule has 6 heteroatoms. The molecule has 0 bridgehead atoms. The van der Waals surface area contributed by atoms with Gasteiger partial charge in [-0.3, -0.25) is 0 Å². The first kappa shape index (κ1) is 11.3. The number of rotatable bonds is 5. The monoisotopic (exact) mass is 218 g/mol. The highest BCUT2D eigenvalue weighted by atomic mass is 32.9. The molecule has 0 aliphatic heterocycles. The van der Waals surface area contributed by atoms with Crippen molar-refractivity contribution < 1.29 is 9.42 Å². The summed E-state index contributed by atoms with van der Waals surface area (Å²) in [5.41, 5.74) is -2.69. The van der Waals surface area contributed by atoms with Gasteiger partial charge in [-0.1, -0.05) is 19.2 Å². The van der Waals surface area contributed by atoms with Crippen LogP contribution >= 0.6 is 29.7 Å². The average molecular weight is 218 g/mol. The summed E-state index contributed by atoms with van der Waals surface area (Å²) in [5.74, 6) is 1.93. The Labute approximate surface area is 76.1 Å². The first-order valence-corrected chi connectivity index (χ1v) is 7.82. The van der Waals surface area contributed by atoms with Gasteiger partial charge in [0.25, 0.3) is 0 Å². The maximum absolute atomic E-state index is 8.88. The van der Waals surface area contributed by atoms with Crippen LogP contribution < -0.4 is 0 Å². The van der Waals surface area contributed by atoms with E-state index in [1.54, 1.807) is 11.8 Å². The second kappa shape index (κ2) is 5.86. The van der Waals surface area contributed by atoms with E-state index in [1.807, 2.05) is 0 Å². The molecule has 0 saturated heterocycles. The molecule has 0 rings (SSSR count). The van der Waals surface area contributed by atoms with Gasteiger partial charge in [0.05, 0.1) is 6.61 Å². The van der Waals surface area contributed by atoms with Crippen molar-refractivity contribution in [2.75, 3.05) is 18.1 Å². The van der Waals surface area contributed by atoms with Gasteiger partial charge in [0, 0.05) is 5.75 Å². The van der Waals surface area contributed by atoms with Crippen molar-refractivity contribution in [1.82, 2.24) is 0 Å². The number of hydrogen-bond donors (Lipinski definition) is 2. The SMILES string of the molecule is CCSCCOP(O)(=S)S. The zero-order valence-corrected chi connectivity index (χ0v) is 9.11. The van der Waals surface area contributed by atoms with Crippen molar-refractivity contribution in [3.05, 3.63) is 0 Å². The molecule has 0 spiro atoms. The molecule has 10 heavy (non-hydrogen) atoms. The Balaban J connectivity index is 3.13. The topological polar surface area (TPSA) is 29.5 Å². The van der Waals surface area contributed by atoms with Crippen LogP contribution in [0.1, 0.15) is 6.92 Å². The zero-order valence-electron chi connectivity index (χ0n) is 5.69. The lowest BCUT2D eigenvalue weighted by atomic mass is 10.9. The highest BCUT2D eigenvalue weighted by molar-refractivity contribution is 8.59. The summed E-state index contributed by atoms with van der Waals surface area (Å²) >= 11 is 9.99. The predicted octanol–water partition coefficient (Wildman–Crippen LogP) is 1.90. The van der Waals surface area contributed by atoms with Crippen LogP contribution in [0.25, 0.3) is 0 Å². The van der Waals surface area contributed by atoms with Gasteiger partial charge in [0.2, 0.25) is 5.69 Å². The number of thioether (sulfide) groups is 1. The van der Waals surface area contributed by atoms with E-state index >= 15 is 0 Å². The summed E-state index contributed by atoms with van der Waals surface area (Å²) < 4.78 is 4.86. The van der Waals surface area contributed by atoms with Gasteiger partial charge < -0.3 is 9.42 Å². The van der Waals surface area contributed by atoms with Crippen molar-refractivity contribution in [2.24, 2.45) is 0 Å². The minimum atomic E-state index is -2.69. The quantitative estimate of drug-likeness (QED) is 0.419. The second-order valence-corrected chi connectivity index (χ2v) is 8.08. The Kier molecular flexibility index (Phi) is 6.61. The van der Waals surface area contributed by atoms with Crippen LogP contribution in [0.4, 0.5) is 0 Å². The Bertz CT molecular complexity index is 124. The van der Waals surface area contributed by atoms with Gasteiger partial charge in [-0.2, -0.15) is 11.8 Å². The van der Waals surface area contributed by atoms with E-state index in [2.05, 4.69) is 31.0 Å². The van der Waals surface area contributed by atoms with Gasteiger partial charge in [0.1, 0.15) is 0 Å². The minimum absolute atomic E-state index is 0.496. The third-order valence-electron chi connectivity index (χ3n) is 0.691. The number of hydrogen-bond acceptors (Lipinski definition) is 3. The smallest absolute Gasteiger partial charge is 0.241 e. The number of thiol groups is 1. The van der Waals surface area contributed by atoms with E-state index in [0.717, 1.165) is 11.5 Å². The van der Waals surface area contributed by atoms with Crippen LogP contribution in [0.5, 0.6) is 0 Å². The first-order chi connectivity index (χ1) is 4.56. The van der Waals surface area contributed by atoms with Crippen LogP contribution in [-0.2, 0) is 16.3 Å². The average Bonchev–Trinajstić information content (AvgIpc) is 1.78. The summed E-state index contributed by atoms with van der Waals surface area (Å²) in [6.07, 6.45) is 0. The fraction of sp³-hybridized carbons (Fsp3) is 1.00.